The SMILES string of the molecule is CCC(CC)(OC)C(Cc1ccc(Br)cc1Cl)NC. The van der Waals surface area contributed by atoms with E-state index in [0.717, 1.165) is 34.3 Å². The predicted molar refractivity (Wildman–Crippen MR) is 86.0 cm³/mol. The molecule has 1 aromatic carbocycles. The van der Waals surface area contributed by atoms with E-state index in [1.807, 2.05) is 19.2 Å². The number of hydrogen-bond donors (Lipinski definition) is 1. The summed E-state index contributed by atoms with van der Waals surface area (Å²) in [4.78, 5) is 0. The molecule has 1 unspecified atom stereocenters. The van der Waals surface area contributed by atoms with E-state index in [4.69, 9.17) is 16.3 Å². The second-order valence-electron chi connectivity index (χ2n) is 4.76. The van der Waals surface area contributed by atoms with Gasteiger partial charge in [-0.1, -0.05) is 47.4 Å². The number of nitrogens with one attached hydrogen (secondary N) is 1. The highest BCUT2D eigenvalue weighted by Gasteiger charge is 2.35. The van der Waals surface area contributed by atoms with Gasteiger partial charge in [0.05, 0.1) is 5.60 Å². The maximum absolute atomic E-state index is 6.31. The lowest BCUT2D eigenvalue weighted by Gasteiger charge is -2.38. The van der Waals surface area contributed by atoms with Crippen LogP contribution in [-0.2, 0) is 11.2 Å². The van der Waals surface area contributed by atoms with E-state index in [-0.39, 0.29) is 11.6 Å². The highest BCUT2D eigenvalue weighted by molar-refractivity contribution is 9.10. The van der Waals surface area contributed by atoms with Crippen LogP contribution < -0.4 is 5.32 Å². The quantitative estimate of drug-likeness (QED) is 0.786. The number of methoxy groups -OCH3 is 1. The molecule has 0 fully saturated rings. The topological polar surface area (TPSA) is 21.3 Å². The fourth-order valence-corrected chi connectivity index (χ4v) is 3.38. The van der Waals surface area contributed by atoms with Crippen molar-refractivity contribution in [3.05, 3.63) is 33.3 Å². The highest BCUT2D eigenvalue weighted by atomic mass is 79.9. The number of halogens is 2. The third kappa shape index (κ3) is 3.94. The lowest BCUT2D eigenvalue weighted by atomic mass is 9.84. The molecule has 0 heterocycles. The third-order valence-electron chi connectivity index (χ3n) is 4.03. The molecule has 0 aliphatic rings. The number of ether oxygens (including phenoxy) is 1. The molecular weight excluding hydrogens is 326 g/mol. The second-order valence-corrected chi connectivity index (χ2v) is 6.08. The van der Waals surface area contributed by atoms with Gasteiger partial charge in [0.2, 0.25) is 0 Å². The van der Waals surface area contributed by atoms with E-state index in [1.54, 1.807) is 7.11 Å². The average Bonchev–Trinajstić information content (AvgIpc) is 2.42. The molecule has 0 radical (unpaired) electrons. The van der Waals surface area contributed by atoms with E-state index >= 15 is 0 Å². The summed E-state index contributed by atoms with van der Waals surface area (Å²) < 4.78 is 6.82. The molecule has 0 aliphatic carbocycles. The van der Waals surface area contributed by atoms with Gasteiger partial charge in [0, 0.05) is 22.6 Å². The first kappa shape index (κ1) is 17.0. The van der Waals surface area contributed by atoms with Crippen molar-refractivity contribution in [2.24, 2.45) is 0 Å². The first-order chi connectivity index (χ1) is 9.02. The van der Waals surface area contributed by atoms with Crippen molar-refractivity contribution in [1.82, 2.24) is 5.32 Å². The van der Waals surface area contributed by atoms with Gasteiger partial charge in [-0.2, -0.15) is 0 Å². The molecule has 0 saturated heterocycles. The zero-order chi connectivity index (χ0) is 14.5. The zero-order valence-electron chi connectivity index (χ0n) is 12.1. The summed E-state index contributed by atoms with van der Waals surface area (Å²) in [6, 6.07) is 6.28. The van der Waals surface area contributed by atoms with Crippen LogP contribution in [-0.4, -0.2) is 25.8 Å². The van der Waals surface area contributed by atoms with Crippen LogP contribution in [0, 0.1) is 0 Å². The molecule has 108 valence electrons. The second kappa shape index (κ2) is 7.63. The van der Waals surface area contributed by atoms with E-state index in [1.165, 1.54) is 0 Å². The van der Waals surface area contributed by atoms with Crippen LogP contribution in [0.3, 0.4) is 0 Å². The van der Waals surface area contributed by atoms with Crippen LogP contribution in [0.5, 0.6) is 0 Å². The van der Waals surface area contributed by atoms with Crippen molar-refractivity contribution in [2.45, 2.75) is 44.8 Å². The first-order valence-electron chi connectivity index (χ1n) is 6.69. The lowest BCUT2D eigenvalue weighted by Crippen LogP contribution is -2.51. The Morgan fingerprint density at radius 3 is 2.42 bits per heavy atom. The highest BCUT2D eigenvalue weighted by Crippen LogP contribution is 2.29. The Morgan fingerprint density at radius 2 is 2.00 bits per heavy atom. The molecule has 0 spiro atoms. The summed E-state index contributed by atoms with van der Waals surface area (Å²) in [5.74, 6) is 0. The van der Waals surface area contributed by atoms with Crippen LogP contribution in [0.4, 0.5) is 0 Å². The van der Waals surface area contributed by atoms with Gasteiger partial charge in [0.15, 0.2) is 0 Å². The first-order valence-corrected chi connectivity index (χ1v) is 7.86. The molecule has 2 nitrogen and oxygen atoms in total. The Bertz CT molecular complexity index is 399. The molecule has 19 heavy (non-hydrogen) atoms. The molecule has 1 aromatic rings. The van der Waals surface area contributed by atoms with Gasteiger partial charge in [-0.25, -0.2) is 0 Å². The van der Waals surface area contributed by atoms with E-state index < -0.39 is 0 Å². The van der Waals surface area contributed by atoms with Crippen LogP contribution in [0.25, 0.3) is 0 Å². The van der Waals surface area contributed by atoms with Gasteiger partial charge >= 0.3 is 0 Å². The fraction of sp³-hybridized carbons (Fsp3) is 0.600. The summed E-state index contributed by atoms with van der Waals surface area (Å²) >= 11 is 9.75. The smallest absolute Gasteiger partial charge is 0.0828 e. The molecule has 1 rings (SSSR count). The Morgan fingerprint density at radius 1 is 1.37 bits per heavy atom. The van der Waals surface area contributed by atoms with Crippen molar-refractivity contribution in [1.29, 1.82) is 0 Å². The van der Waals surface area contributed by atoms with E-state index in [0.29, 0.717) is 0 Å². The van der Waals surface area contributed by atoms with Crippen LogP contribution in [0.2, 0.25) is 5.02 Å². The summed E-state index contributed by atoms with van der Waals surface area (Å²) in [6.45, 7) is 4.33. The molecule has 1 N–H and O–H groups in total. The Balaban J connectivity index is 2.98. The van der Waals surface area contributed by atoms with E-state index in [9.17, 15) is 0 Å². The lowest BCUT2D eigenvalue weighted by molar-refractivity contribution is -0.0454. The minimum atomic E-state index is -0.148. The van der Waals surface area contributed by atoms with Crippen LogP contribution >= 0.6 is 27.5 Å². The maximum Gasteiger partial charge on any atom is 0.0828 e. The van der Waals surface area contributed by atoms with Crippen molar-refractivity contribution in [3.8, 4) is 0 Å². The molecule has 4 heteroatoms. The van der Waals surface area contributed by atoms with E-state index in [2.05, 4.69) is 41.2 Å². The minimum Gasteiger partial charge on any atom is -0.377 e. The molecule has 1 atom stereocenters. The number of benzene rings is 1. The molecule has 0 bridgehead atoms. The zero-order valence-corrected chi connectivity index (χ0v) is 14.4. The number of rotatable bonds is 7. The minimum absolute atomic E-state index is 0.148. The number of hydrogen-bond acceptors (Lipinski definition) is 2. The third-order valence-corrected chi connectivity index (χ3v) is 4.87. The molecular formula is C15H23BrClNO. The summed E-state index contributed by atoms with van der Waals surface area (Å²) in [5, 5.41) is 4.19. The van der Waals surface area contributed by atoms with Crippen molar-refractivity contribution < 1.29 is 4.74 Å². The van der Waals surface area contributed by atoms with Gasteiger partial charge in [-0.05, 0) is 44.0 Å². The van der Waals surface area contributed by atoms with Gasteiger partial charge in [-0.3, -0.25) is 0 Å². The summed E-state index contributed by atoms with van der Waals surface area (Å²) in [7, 11) is 3.77. The normalized spacial score (nSPS) is 13.6. The van der Waals surface area contributed by atoms with Crippen molar-refractivity contribution >= 4 is 27.5 Å². The largest absolute Gasteiger partial charge is 0.377 e. The molecule has 0 amide bonds. The summed E-state index contributed by atoms with van der Waals surface area (Å²) in [5.41, 5.74) is 0.998. The van der Waals surface area contributed by atoms with Gasteiger partial charge in [0.1, 0.15) is 0 Å². The van der Waals surface area contributed by atoms with Crippen LogP contribution in [0.15, 0.2) is 22.7 Å². The predicted octanol–water partition coefficient (Wildman–Crippen LogP) is 4.44. The average molecular weight is 349 g/mol. The molecule has 0 aliphatic heterocycles. The van der Waals surface area contributed by atoms with Gasteiger partial charge < -0.3 is 10.1 Å². The van der Waals surface area contributed by atoms with Crippen LogP contribution in [0.1, 0.15) is 32.3 Å². The van der Waals surface area contributed by atoms with Crippen molar-refractivity contribution in [2.75, 3.05) is 14.2 Å². The monoisotopic (exact) mass is 347 g/mol. The number of likely N-dealkylation sites (N-methyl/N-ethyl adjacent to an activating group) is 1. The Hall–Kier alpha value is -0.0900. The maximum atomic E-state index is 6.31. The molecule has 0 aromatic heterocycles. The Kier molecular flexibility index (Phi) is 6.81. The van der Waals surface area contributed by atoms with Gasteiger partial charge in [0.25, 0.3) is 0 Å². The molecule has 0 saturated carbocycles. The fourth-order valence-electron chi connectivity index (χ4n) is 2.63. The van der Waals surface area contributed by atoms with Crippen molar-refractivity contribution in [3.63, 3.8) is 0 Å². The Labute approximate surface area is 130 Å². The summed E-state index contributed by atoms with van der Waals surface area (Å²) in [6.07, 6.45) is 2.80. The van der Waals surface area contributed by atoms with Gasteiger partial charge in [-0.15, -0.1) is 0 Å². The standard InChI is InChI=1S/C15H23BrClNO/c1-5-15(6-2,19-4)14(18-3)9-11-7-8-12(16)10-13(11)17/h7-8,10,14,18H,5-6,9H2,1-4H3.